The number of fused-ring (bicyclic) bond motifs is 2. The number of hydrogen-bond acceptors (Lipinski definition) is 5. The number of pyridine rings is 1. The van der Waals surface area contributed by atoms with Crippen molar-refractivity contribution in [2.75, 3.05) is 10.2 Å². The Balaban J connectivity index is 1.76. The van der Waals surface area contributed by atoms with Gasteiger partial charge >= 0.3 is 0 Å². The molecule has 0 aliphatic carbocycles. The van der Waals surface area contributed by atoms with Crippen LogP contribution in [0.25, 0.3) is 10.9 Å². The second-order valence-corrected chi connectivity index (χ2v) is 5.01. The molecule has 0 amide bonds. The number of nitrogens with zero attached hydrogens (tertiary/aromatic N) is 4. The van der Waals surface area contributed by atoms with Crippen LogP contribution in [-0.4, -0.2) is 10.9 Å². The number of guanidine groups is 1. The summed E-state index contributed by atoms with van der Waals surface area (Å²) in [5.41, 5.74) is 4.25. The van der Waals surface area contributed by atoms with Gasteiger partial charge in [-0.1, -0.05) is 30.3 Å². The predicted molar refractivity (Wildman–Crippen MR) is 90.1 cm³/mol. The van der Waals surface area contributed by atoms with Crippen molar-refractivity contribution in [3.8, 4) is 0 Å². The van der Waals surface area contributed by atoms with Crippen LogP contribution in [0, 0.1) is 10.4 Å². The minimum atomic E-state index is -0.101. The van der Waals surface area contributed by atoms with Crippen LogP contribution in [0.3, 0.4) is 0 Å². The molecule has 3 aromatic rings. The zero-order valence-corrected chi connectivity index (χ0v) is 11.9. The summed E-state index contributed by atoms with van der Waals surface area (Å²) in [6.07, 6.45) is 1.56. The molecule has 0 atom stereocenters. The third-order valence-electron chi connectivity index (χ3n) is 3.52. The zero-order valence-electron chi connectivity index (χ0n) is 11.9. The van der Waals surface area contributed by atoms with E-state index in [0.29, 0.717) is 15.9 Å². The molecule has 1 aromatic heterocycles. The first kappa shape index (κ1) is 13.5. The monoisotopic (exact) mass is 305 g/mol. The van der Waals surface area contributed by atoms with E-state index in [9.17, 15) is 10.4 Å². The van der Waals surface area contributed by atoms with E-state index < -0.39 is 0 Å². The average Bonchev–Trinajstić information content (AvgIpc) is 2.59. The highest BCUT2D eigenvalue weighted by Gasteiger charge is 2.16. The largest absolute Gasteiger partial charge is 0.752 e. The lowest BCUT2D eigenvalue weighted by atomic mass is 10.2. The Hall–Kier alpha value is -3.16. The molecule has 0 unspecified atom stereocenters. The Morgan fingerprint density at radius 1 is 0.957 bits per heavy atom. The number of anilines is 2. The number of aromatic nitrogens is 1. The van der Waals surface area contributed by atoms with Gasteiger partial charge in [-0.25, -0.2) is 4.99 Å². The summed E-state index contributed by atoms with van der Waals surface area (Å²) in [6.45, 7) is 0. The summed E-state index contributed by atoms with van der Waals surface area (Å²) in [5, 5.41) is 26.4. The van der Waals surface area contributed by atoms with Gasteiger partial charge in [0.25, 0.3) is 0 Å². The molecule has 0 bridgehead atoms. The van der Waals surface area contributed by atoms with Gasteiger partial charge in [0.05, 0.1) is 28.8 Å². The minimum Gasteiger partial charge on any atom is -0.752 e. The number of aliphatic imine (C=N–C) groups is 1. The molecule has 114 valence electrons. The van der Waals surface area contributed by atoms with Gasteiger partial charge in [-0.05, 0) is 24.3 Å². The van der Waals surface area contributed by atoms with Crippen molar-refractivity contribution in [1.29, 1.82) is 0 Å². The fourth-order valence-electron chi connectivity index (χ4n) is 2.43. The number of hydrogen-bond donors (Lipinski definition) is 1. The first-order valence-electron chi connectivity index (χ1n) is 6.96. The Labute approximate surface area is 131 Å². The molecule has 1 aliphatic rings. The first-order valence-corrected chi connectivity index (χ1v) is 6.96. The van der Waals surface area contributed by atoms with Gasteiger partial charge < -0.3 is 20.6 Å². The number of benzene rings is 2. The molecular formula is C16H11N5O2-2. The van der Waals surface area contributed by atoms with E-state index in [1.165, 1.54) is 0 Å². The van der Waals surface area contributed by atoms with Crippen molar-refractivity contribution in [3.63, 3.8) is 0 Å². The van der Waals surface area contributed by atoms with Gasteiger partial charge in [0.2, 0.25) is 5.96 Å². The average molecular weight is 305 g/mol. The fourth-order valence-corrected chi connectivity index (χ4v) is 2.43. The van der Waals surface area contributed by atoms with E-state index in [2.05, 4.69) is 15.4 Å². The van der Waals surface area contributed by atoms with Gasteiger partial charge in [0.15, 0.2) is 0 Å². The highest BCUT2D eigenvalue weighted by atomic mass is 16.6. The van der Waals surface area contributed by atoms with Gasteiger partial charge in [0.1, 0.15) is 0 Å². The molecule has 2 heterocycles. The van der Waals surface area contributed by atoms with Gasteiger partial charge in [-0.15, -0.1) is 0 Å². The van der Waals surface area contributed by atoms with Gasteiger partial charge in [0, 0.05) is 5.39 Å². The summed E-state index contributed by atoms with van der Waals surface area (Å²) in [6, 6.07) is 15.9. The molecule has 0 spiro atoms. The SMILES string of the molecule is [O-]N1NC(=Nc2cnc3ccccc3c2)N([O-])c2ccccc21. The van der Waals surface area contributed by atoms with E-state index >= 15 is 0 Å². The van der Waals surface area contributed by atoms with Crippen LogP contribution in [-0.2, 0) is 0 Å². The quantitative estimate of drug-likeness (QED) is 0.743. The lowest BCUT2D eigenvalue weighted by molar-refractivity contribution is 0.884. The van der Waals surface area contributed by atoms with Crippen LogP contribution in [0.15, 0.2) is 65.8 Å². The highest BCUT2D eigenvalue weighted by Crippen LogP contribution is 2.31. The molecule has 7 heteroatoms. The summed E-state index contributed by atoms with van der Waals surface area (Å²) >= 11 is 0. The number of rotatable bonds is 1. The van der Waals surface area contributed by atoms with Crippen molar-refractivity contribution >= 4 is 33.9 Å². The second kappa shape index (κ2) is 5.24. The summed E-state index contributed by atoms with van der Waals surface area (Å²) in [7, 11) is 0. The molecule has 2 aromatic carbocycles. The van der Waals surface area contributed by atoms with Crippen LogP contribution in [0.1, 0.15) is 0 Å². The number of hydroxylamine groups is 1. The van der Waals surface area contributed by atoms with Crippen molar-refractivity contribution in [2.24, 2.45) is 4.99 Å². The van der Waals surface area contributed by atoms with Crippen LogP contribution in [0.2, 0.25) is 0 Å². The Morgan fingerprint density at radius 3 is 2.57 bits per heavy atom. The van der Waals surface area contributed by atoms with Crippen molar-refractivity contribution in [3.05, 3.63) is 71.2 Å². The molecule has 23 heavy (non-hydrogen) atoms. The van der Waals surface area contributed by atoms with Crippen molar-refractivity contribution < 1.29 is 0 Å². The molecule has 7 nitrogen and oxygen atoms in total. The first-order chi connectivity index (χ1) is 11.2. The van der Waals surface area contributed by atoms with E-state index in [4.69, 9.17) is 0 Å². The van der Waals surface area contributed by atoms with Crippen LogP contribution in [0.4, 0.5) is 17.1 Å². The van der Waals surface area contributed by atoms with Crippen LogP contribution >= 0.6 is 0 Å². The van der Waals surface area contributed by atoms with Crippen molar-refractivity contribution in [2.45, 2.75) is 0 Å². The third kappa shape index (κ3) is 2.33. The molecule has 0 radical (unpaired) electrons. The molecular weight excluding hydrogens is 294 g/mol. The van der Waals surface area contributed by atoms with E-state index in [0.717, 1.165) is 10.9 Å². The van der Waals surface area contributed by atoms with Crippen molar-refractivity contribution in [1.82, 2.24) is 10.4 Å². The molecule has 0 saturated carbocycles. The third-order valence-corrected chi connectivity index (χ3v) is 3.52. The number of nitrogens with one attached hydrogen (secondary N) is 1. The standard InChI is InChI=1S/C16H11N5O2/c22-20-14-7-3-4-8-15(14)21(23)19-16(20)18-12-9-11-5-1-2-6-13(11)17-10-12/h1-10H,(H,18,19)/q-2. The lowest BCUT2D eigenvalue weighted by Crippen LogP contribution is -2.50. The molecule has 1 N–H and O–H groups in total. The van der Waals surface area contributed by atoms with E-state index in [1.807, 2.05) is 24.3 Å². The predicted octanol–water partition coefficient (Wildman–Crippen LogP) is 3.05. The summed E-state index contributed by atoms with van der Waals surface area (Å²) in [4.78, 5) is 8.50. The Kier molecular flexibility index (Phi) is 3.07. The molecule has 1 aliphatic heterocycles. The Bertz CT molecular complexity index is 912. The van der Waals surface area contributed by atoms with Gasteiger partial charge in [-0.3, -0.25) is 10.4 Å². The van der Waals surface area contributed by atoms with E-state index in [1.54, 1.807) is 36.5 Å². The lowest BCUT2D eigenvalue weighted by Gasteiger charge is -2.46. The number of para-hydroxylation sites is 3. The van der Waals surface area contributed by atoms with Gasteiger partial charge in [-0.2, -0.15) is 0 Å². The summed E-state index contributed by atoms with van der Waals surface area (Å²) < 4.78 is 0. The topological polar surface area (TPSA) is 89.9 Å². The number of hydrazine groups is 1. The van der Waals surface area contributed by atoms with Crippen LogP contribution in [0.5, 0.6) is 0 Å². The molecule has 0 fully saturated rings. The minimum absolute atomic E-state index is 0.101. The maximum Gasteiger partial charge on any atom is 0.211 e. The normalized spacial score (nSPS) is 15.7. The second-order valence-electron chi connectivity index (χ2n) is 5.01. The molecule has 0 saturated heterocycles. The Morgan fingerprint density at radius 2 is 1.70 bits per heavy atom. The maximum absolute atomic E-state index is 12.4. The molecule has 4 rings (SSSR count). The van der Waals surface area contributed by atoms with E-state index in [-0.39, 0.29) is 17.3 Å². The zero-order chi connectivity index (χ0) is 15.8. The maximum atomic E-state index is 12.4. The summed E-state index contributed by atoms with van der Waals surface area (Å²) in [5.74, 6) is -0.101. The smallest absolute Gasteiger partial charge is 0.211 e. The van der Waals surface area contributed by atoms with Crippen LogP contribution < -0.4 is 15.7 Å². The fraction of sp³-hybridized carbons (Fsp3) is 0. The highest BCUT2D eigenvalue weighted by molar-refractivity contribution is 6.04.